The highest BCUT2D eigenvalue weighted by atomic mass is 16.5. The monoisotopic (exact) mass is 250 g/mol. The zero-order valence-corrected chi connectivity index (χ0v) is 11.2. The molecule has 4 heteroatoms. The molecular weight excluding hydrogens is 228 g/mol. The van der Waals surface area contributed by atoms with Gasteiger partial charge in [0.1, 0.15) is 18.5 Å². The van der Waals surface area contributed by atoms with Crippen LogP contribution >= 0.6 is 0 Å². The van der Waals surface area contributed by atoms with E-state index in [0.29, 0.717) is 6.61 Å². The second-order valence-corrected chi connectivity index (χ2v) is 4.74. The average molecular weight is 250 g/mol. The Morgan fingerprint density at radius 3 is 3.17 bits per heavy atom. The first-order chi connectivity index (χ1) is 8.78. The molecule has 1 N–H and O–H groups in total. The van der Waals surface area contributed by atoms with Crippen molar-refractivity contribution in [3.05, 3.63) is 29.8 Å². The quantitative estimate of drug-likeness (QED) is 0.849. The van der Waals surface area contributed by atoms with Crippen LogP contribution in [0.4, 0.5) is 0 Å². The highest BCUT2D eigenvalue weighted by molar-refractivity contribution is 5.28. The van der Waals surface area contributed by atoms with Gasteiger partial charge in [-0.15, -0.1) is 0 Å². The van der Waals surface area contributed by atoms with Crippen molar-refractivity contribution in [3.63, 3.8) is 0 Å². The normalized spacial score (nSPS) is 20.9. The third kappa shape index (κ3) is 3.98. The minimum atomic E-state index is 0.178. The SMILES string of the molecule is CNCc1cccc(OCC2CN(C)CCO2)c1. The predicted molar refractivity (Wildman–Crippen MR) is 71.9 cm³/mol. The van der Waals surface area contributed by atoms with E-state index in [2.05, 4.69) is 29.4 Å². The van der Waals surface area contributed by atoms with Gasteiger partial charge >= 0.3 is 0 Å². The summed E-state index contributed by atoms with van der Waals surface area (Å²) in [6.45, 7) is 4.22. The summed E-state index contributed by atoms with van der Waals surface area (Å²) in [7, 11) is 4.06. The Hall–Kier alpha value is -1.10. The van der Waals surface area contributed by atoms with Crippen LogP contribution in [0.2, 0.25) is 0 Å². The van der Waals surface area contributed by atoms with Gasteiger partial charge in [0.15, 0.2) is 0 Å². The molecule has 1 aromatic rings. The molecular formula is C14H22N2O2. The van der Waals surface area contributed by atoms with E-state index < -0.39 is 0 Å². The number of benzene rings is 1. The van der Waals surface area contributed by atoms with Gasteiger partial charge in [0.2, 0.25) is 0 Å². The summed E-state index contributed by atoms with van der Waals surface area (Å²) in [5, 5.41) is 3.14. The van der Waals surface area contributed by atoms with E-state index in [-0.39, 0.29) is 6.10 Å². The van der Waals surface area contributed by atoms with Crippen molar-refractivity contribution in [2.24, 2.45) is 0 Å². The Labute approximate surface area is 109 Å². The van der Waals surface area contributed by atoms with Crippen molar-refractivity contribution in [1.29, 1.82) is 0 Å². The van der Waals surface area contributed by atoms with Gasteiger partial charge < -0.3 is 19.7 Å². The number of rotatable bonds is 5. The highest BCUT2D eigenvalue weighted by Gasteiger charge is 2.18. The van der Waals surface area contributed by atoms with E-state index in [1.54, 1.807) is 0 Å². The van der Waals surface area contributed by atoms with Crippen molar-refractivity contribution < 1.29 is 9.47 Å². The maximum atomic E-state index is 5.80. The molecule has 18 heavy (non-hydrogen) atoms. The second-order valence-electron chi connectivity index (χ2n) is 4.74. The highest BCUT2D eigenvalue weighted by Crippen LogP contribution is 2.14. The van der Waals surface area contributed by atoms with Gasteiger partial charge in [-0.05, 0) is 31.8 Å². The number of hydrogen-bond donors (Lipinski definition) is 1. The molecule has 4 nitrogen and oxygen atoms in total. The van der Waals surface area contributed by atoms with E-state index in [0.717, 1.165) is 32.0 Å². The van der Waals surface area contributed by atoms with Crippen LogP contribution in [-0.2, 0) is 11.3 Å². The van der Waals surface area contributed by atoms with Crippen LogP contribution < -0.4 is 10.1 Å². The summed E-state index contributed by atoms with van der Waals surface area (Å²) >= 11 is 0. The molecule has 0 radical (unpaired) electrons. The van der Waals surface area contributed by atoms with Crippen LogP contribution in [-0.4, -0.2) is 51.4 Å². The van der Waals surface area contributed by atoms with Gasteiger partial charge in [-0.2, -0.15) is 0 Å². The standard InChI is InChI=1S/C14H22N2O2/c1-15-9-12-4-3-5-13(8-12)18-11-14-10-16(2)6-7-17-14/h3-5,8,14-15H,6-7,9-11H2,1-2H3. The first-order valence-electron chi connectivity index (χ1n) is 6.44. The summed E-state index contributed by atoms with van der Waals surface area (Å²) in [6.07, 6.45) is 0.178. The van der Waals surface area contributed by atoms with Crippen LogP contribution in [0.25, 0.3) is 0 Å². The van der Waals surface area contributed by atoms with Crippen molar-refractivity contribution in [2.45, 2.75) is 12.6 Å². The molecule has 0 aromatic heterocycles. The molecule has 1 aliphatic heterocycles. The van der Waals surface area contributed by atoms with E-state index in [1.807, 2.05) is 19.2 Å². The fourth-order valence-electron chi connectivity index (χ4n) is 2.11. The molecule has 2 rings (SSSR count). The van der Waals surface area contributed by atoms with Crippen LogP contribution in [0.1, 0.15) is 5.56 Å². The topological polar surface area (TPSA) is 33.7 Å². The molecule has 0 bridgehead atoms. The number of hydrogen-bond acceptors (Lipinski definition) is 4. The molecule has 1 heterocycles. The van der Waals surface area contributed by atoms with Crippen LogP contribution in [0, 0.1) is 0 Å². The Morgan fingerprint density at radius 1 is 1.50 bits per heavy atom. The lowest BCUT2D eigenvalue weighted by molar-refractivity contribution is -0.0403. The number of nitrogens with zero attached hydrogens (tertiary/aromatic N) is 1. The second kappa shape index (κ2) is 6.73. The van der Waals surface area contributed by atoms with Gasteiger partial charge in [0.05, 0.1) is 6.61 Å². The molecule has 100 valence electrons. The molecule has 0 spiro atoms. The Kier molecular flexibility index (Phi) is 4.99. The minimum absolute atomic E-state index is 0.178. The van der Waals surface area contributed by atoms with Crippen LogP contribution in [0.3, 0.4) is 0 Å². The van der Waals surface area contributed by atoms with Crippen LogP contribution in [0.15, 0.2) is 24.3 Å². The van der Waals surface area contributed by atoms with Gasteiger partial charge in [-0.25, -0.2) is 0 Å². The van der Waals surface area contributed by atoms with Gasteiger partial charge in [-0.1, -0.05) is 12.1 Å². The zero-order chi connectivity index (χ0) is 12.8. The van der Waals surface area contributed by atoms with E-state index in [4.69, 9.17) is 9.47 Å². The van der Waals surface area contributed by atoms with Crippen molar-refractivity contribution in [2.75, 3.05) is 40.4 Å². The zero-order valence-electron chi connectivity index (χ0n) is 11.2. The smallest absolute Gasteiger partial charge is 0.119 e. The number of morpholine rings is 1. The molecule has 0 amide bonds. The van der Waals surface area contributed by atoms with Crippen molar-refractivity contribution >= 4 is 0 Å². The van der Waals surface area contributed by atoms with E-state index in [1.165, 1.54) is 5.56 Å². The maximum Gasteiger partial charge on any atom is 0.119 e. The van der Waals surface area contributed by atoms with Crippen LogP contribution in [0.5, 0.6) is 5.75 Å². The summed E-state index contributed by atoms with van der Waals surface area (Å²) in [4.78, 5) is 2.27. The predicted octanol–water partition coefficient (Wildman–Crippen LogP) is 1.12. The summed E-state index contributed by atoms with van der Waals surface area (Å²) in [5.74, 6) is 0.916. The third-order valence-corrected chi connectivity index (χ3v) is 3.06. The molecule has 1 aliphatic rings. The fourth-order valence-corrected chi connectivity index (χ4v) is 2.11. The number of likely N-dealkylation sites (N-methyl/N-ethyl adjacent to an activating group) is 1. The molecule has 1 fully saturated rings. The largest absolute Gasteiger partial charge is 0.491 e. The molecule has 0 aliphatic carbocycles. The first kappa shape index (κ1) is 13.3. The lowest BCUT2D eigenvalue weighted by atomic mass is 10.2. The average Bonchev–Trinajstić information content (AvgIpc) is 2.37. The van der Waals surface area contributed by atoms with Gasteiger partial charge in [0.25, 0.3) is 0 Å². The van der Waals surface area contributed by atoms with Gasteiger partial charge in [0, 0.05) is 19.6 Å². The minimum Gasteiger partial charge on any atom is -0.491 e. The lowest BCUT2D eigenvalue weighted by Gasteiger charge is -2.29. The fraction of sp³-hybridized carbons (Fsp3) is 0.571. The van der Waals surface area contributed by atoms with E-state index >= 15 is 0 Å². The number of nitrogens with one attached hydrogen (secondary N) is 1. The van der Waals surface area contributed by atoms with Crippen molar-refractivity contribution in [3.8, 4) is 5.75 Å². The molecule has 1 saturated heterocycles. The first-order valence-corrected chi connectivity index (χ1v) is 6.44. The number of ether oxygens (including phenoxy) is 2. The summed E-state index contributed by atoms with van der Waals surface area (Å²) in [5.41, 5.74) is 1.23. The molecule has 1 unspecified atom stereocenters. The summed E-state index contributed by atoms with van der Waals surface area (Å²) in [6, 6.07) is 8.18. The lowest BCUT2D eigenvalue weighted by Crippen LogP contribution is -2.42. The van der Waals surface area contributed by atoms with E-state index in [9.17, 15) is 0 Å². The summed E-state index contributed by atoms with van der Waals surface area (Å²) < 4.78 is 11.5. The molecule has 1 atom stereocenters. The maximum absolute atomic E-state index is 5.80. The Balaban J connectivity index is 1.83. The molecule has 1 aromatic carbocycles. The molecule has 0 saturated carbocycles. The van der Waals surface area contributed by atoms with Gasteiger partial charge in [-0.3, -0.25) is 0 Å². The Bertz CT molecular complexity index is 371. The third-order valence-electron chi connectivity index (χ3n) is 3.06. The van der Waals surface area contributed by atoms with Crippen molar-refractivity contribution in [1.82, 2.24) is 10.2 Å². The Morgan fingerprint density at radius 2 is 2.39 bits per heavy atom.